The number of benzene rings is 2. The van der Waals surface area contributed by atoms with Crippen LogP contribution in [-0.2, 0) is 9.59 Å². The summed E-state index contributed by atoms with van der Waals surface area (Å²) in [5.41, 5.74) is 1.58. The van der Waals surface area contributed by atoms with E-state index >= 15 is 0 Å². The zero-order valence-corrected chi connectivity index (χ0v) is 14.4. The molecule has 0 bridgehead atoms. The van der Waals surface area contributed by atoms with Crippen LogP contribution >= 0.6 is 0 Å². The Morgan fingerprint density at radius 1 is 1.08 bits per heavy atom. The topological polar surface area (TPSA) is 58.6 Å². The minimum Gasteiger partial charge on any atom is -0.497 e. The molecule has 2 amide bonds. The van der Waals surface area contributed by atoms with Crippen molar-refractivity contribution in [3.8, 4) is 5.75 Å². The van der Waals surface area contributed by atoms with E-state index < -0.39 is 0 Å². The minimum absolute atomic E-state index is 0.0172. The van der Waals surface area contributed by atoms with Crippen molar-refractivity contribution in [1.82, 2.24) is 0 Å². The van der Waals surface area contributed by atoms with Gasteiger partial charge in [-0.15, -0.1) is 0 Å². The van der Waals surface area contributed by atoms with Crippen LogP contribution in [0.4, 0.5) is 11.4 Å². The first-order chi connectivity index (χ1) is 12.1. The maximum Gasteiger partial charge on any atom is 0.230 e. The van der Waals surface area contributed by atoms with E-state index in [-0.39, 0.29) is 23.7 Å². The summed E-state index contributed by atoms with van der Waals surface area (Å²) in [5, 5.41) is 2.87. The molecule has 1 fully saturated rings. The Balaban J connectivity index is 1.60. The third-order valence-corrected chi connectivity index (χ3v) is 4.45. The van der Waals surface area contributed by atoms with Gasteiger partial charge in [-0.05, 0) is 49.7 Å². The quantitative estimate of drug-likeness (QED) is 0.879. The summed E-state index contributed by atoms with van der Waals surface area (Å²) in [6.07, 6.45) is 0.601. The Morgan fingerprint density at radius 3 is 2.36 bits per heavy atom. The van der Waals surface area contributed by atoms with Gasteiger partial charge < -0.3 is 15.0 Å². The number of nitrogens with zero attached hydrogens (tertiary/aromatic N) is 1. The zero-order chi connectivity index (χ0) is 17.8. The average Bonchev–Trinajstić information content (AvgIpc) is 3.45. The highest BCUT2D eigenvalue weighted by Crippen LogP contribution is 2.41. The van der Waals surface area contributed by atoms with Crippen molar-refractivity contribution in [2.75, 3.05) is 23.9 Å². The average molecular weight is 338 g/mol. The number of rotatable bonds is 6. The molecule has 2 atom stereocenters. The first kappa shape index (κ1) is 17.0. The van der Waals surface area contributed by atoms with Crippen LogP contribution in [0, 0.1) is 11.8 Å². The van der Waals surface area contributed by atoms with Crippen LogP contribution < -0.4 is 15.0 Å². The molecule has 130 valence electrons. The Bertz CT molecular complexity index is 743. The molecule has 0 aliphatic heterocycles. The Labute approximate surface area is 147 Å². The SMILES string of the molecule is CCN(C(=O)C1CC1C(=O)Nc1ccc(OC)cc1)c1ccccc1. The lowest BCUT2D eigenvalue weighted by Crippen LogP contribution is -2.33. The Kier molecular flexibility index (Phi) is 5.03. The molecule has 1 saturated carbocycles. The Morgan fingerprint density at radius 2 is 1.76 bits per heavy atom. The summed E-state index contributed by atoms with van der Waals surface area (Å²) in [5.74, 6) is 0.154. The van der Waals surface area contributed by atoms with Crippen LogP contribution in [0.15, 0.2) is 54.6 Å². The number of para-hydroxylation sites is 1. The number of hydrogen-bond donors (Lipinski definition) is 1. The second-order valence-electron chi connectivity index (χ2n) is 6.08. The molecule has 0 heterocycles. The van der Waals surface area contributed by atoms with Gasteiger partial charge in [-0.3, -0.25) is 9.59 Å². The van der Waals surface area contributed by atoms with Crippen molar-refractivity contribution < 1.29 is 14.3 Å². The van der Waals surface area contributed by atoms with Gasteiger partial charge >= 0.3 is 0 Å². The first-order valence-corrected chi connectivity index (χ1v) is 8.45. The molecule has 5 nitrogen and oxygen atoms in total. The number of amides is 2. The summed E-state index contributed by atoms with van der Waals surface area (Å²) < 4.78 is 5.10. The Hall–Kier alpha value is -2.82. The molecule has 2 unspecified atom stereocenters. The standard InChI is InChI=1S/C20H22N2O3/c1-3-22(15-7-5-4-6-8-15)20(24)18-13-17(18)19(23)21-14-9-11-16(25-2)12-10-14/h4-12,17-18H,3,13H2,1-2H3,(H,21,23). The molecule has 1 N–H and O–H groups in total. The monoisotopic (exact) mass is 338 g/mol. The van der Waals surface area contributed by atoms with E-state index in [0.29, 0.717) is 18.7 Å². The maximum absolute atomic E-state index is 12.7. The van der Waals surface area contributed by atoms with E-state index in [4.69, 9.17) is 4.74 Å². The van der Waals surface area contributed by atoms with E-state index in [1.54, 1.807) is 36.3 Å². The van der Waals surface area contributed by atoms with Gasteiger partial charge in [0.15, 0.2) is 0 Å². The molecule has 0 radical (unpaired) electrons. The number of hydrogen-bond acceptors (Lipinski definition) is 3. The van der Waals surface area contributed by atoms with Gasteiger partial charge in [0.1, 0.15) is 5.75 Å². The lowest BCUT2D eigenvalue weighted by atomic mass is 10.2. The zero-order valence-electron chi connectivity index (χ0n) is 14.4. The lowest BCUT2D eigenvalue weighted by Gasteiger charge is -2.21. The number of anilines is 2. The highest BCUT2D eigenvalue weighted by Gasteiger charge is 2.49. The van der Waals surface area contributed by atoms with Crippen LogP contribution in [0.25, 0.3) is 0 Å². The summed E-state index contributed by atoms with van der Waals surface area (Å²) in [6, 6.07) is 16.7. The van der Waals surface area contributed by atoms with E-state index in [9.17, 15) is 9.59 Å². The molecule has 0 saturated heterocycles. The first-order valence-electron chi connectivity index (χ1n) is 8.45. The third kappa shape index (κ3) is 3.82. The fraction of sp³-hybridized carbons (Fsp3) is 0.300. The van der Waals surface area contributed by atoms with Crippen LogP contribution in [-0.4, -0.2) is 25.5 Å². The molecule has 2 aromatic carbocycles. The molecule has 3 rings (SSSR count). The van der Waals surface area contributed by atoms with Crippen molar-refractivity contribution in [1.29, 1.82) is 0 Å². The second-order valence-corrected chi connectivity index (χ2v) is 6.08. The molecule has 2 aromatic rings. The van der Waals surface area contributed by atoms with Crippen molar-refractivity contribution in [2.24, 2.45) is 11.8 Å². The molecular weight excluding hydrogens is 316 g/mol. The molecule has 5 heteroatoms. The van der Waals surface area contributed by atoms with Gasteiger partial charge in [0, 0.05) is 17.9 Å². The predicted octanol–water partition coefficient (Wildman–Crippen LogP) is 3.32. The van der Waals surface area contributed by atoms with Crippen molar-refractivity contribution >= 4 is 23.2 Å². The summed E-state index contributed by atoms with van der Waals surface area (Å²) >= 11 is 0. The fourth-order valence-electron chi connectivity index (χ4n) is 2.94. The number of carbonyl (C=O) groups is 2. The van der Waals surface area contributed by atoms with Crippen molar-refractivity contribution in [2.45, 2.75) is 13.3 Å². The molecule has 25 heavy (non-hydrogen) atoms. The van der Waals surface area contributed by atoms with Gasteiger partial charge in [-0.2, -0.15) is 0 Å². The van der Waals surface area contributed by atoms with Crippen molar-refractivity contribution in [3.63, 3.8) is 0 Å². The van der Waals surface area contributed by atoms with E-state index in [2.05, 4.69) is 5.32 Å². The van der Waals surface area contributed by atoms with E-state index in [1.165, 1.54) is 0 Å². The highest BCUT2D eigenvalue weighted by molar-refractivity contribution is 6.04. The molecule has 0 spiro atoms. The maximum atomic E-state index is 12.7. The van der Waals surface area contributed by atoms with Gasteiger partial charge in [0.2, 0.25) is 11.8 Å². The van der Waals surface area contributed by atoms with Crippen LogP contribution in [0.3, 0.4) is 0 Å². The fourth-order valence-corrected chi connectivity index (χ4v) is 2.94. The highest BCUT2D eigenvalue weighted by atomic mass is 16.5. The second kappa shape index (κ2) is 7.38. The van der Waals surface area contributed by atoms with Crippen LogP contribution in [0.1, 0.15) is 13.3 Å². The smallest absolute Gasteiger partial charge is 0.230 e. The van der Waals surface area contributed by atoms with Gasteiger partial charge in [-0.1, -0.05) is 18.2 Å². The summed E-state index contributed by atoms with van der Waals surface area (Å²) in [4.78, 5) is 26.8. The largest absolute Gasteiger partial charge is 0.497 e. The summed E-state index contributed by atoms with van der Waals surface area (Å²) in [6.45, 7) is 2.53. The molecular formula is C20H22N2O3. The van der Waals surface area contributed by atoms with Gasteiger partial charge in [0.25, 0.3) is 0 Å². The van der Waals surface area contributed by atoms with Gasteiger partial charge in [0.05, 0.1) is 18.9 Å². The van der Waals surface area contributed by atoms with E-state index in [1.807, 2.05) is 37.3 Å². The number of carbonyl (C=O) groups excluding carboxylic acids is 2. The predicted molar refractivity (Wildman–Crippen MR) is 97.7 cm³/mol. The molecule has 1 aliphatic carbocycles. The minimum atomic E-state index is -0.257. The number of ether oxygens (including phenoxy) is 1. The van der Waals surface area contributed by atoms with Gasteiger partial charge in [-0.25, -0.2) is 0 Å². The molecule has 1 aliphatic rings. The molecule has 0 aromatic heterocycles. The number of nitrogens with one attached hydrogen (secondary N) is 1. The van der Waals surface area contributed by atoms with Crippen LogP contribution in [0.5, 0.6) is 5.75 Å². The van der Waals surface area contributed by atoms with E-state index in [0.717, 1.165) is 11.4 Å². The lowest BCUT2D eigenvalue weighted by molar-refractivity contribution is -0.123. The van der Waals surface area contributed by atoms with Crippen LogP contribution in [0.2, 0.25) is 0 Å². The third-order valence-electron chi connectivity index (χ3n) is 4.45. The van der Waals surface area contributed by atoms with Crippen molar-refractivity contribution in [3.05, 3.63) is 54.6 Å². The normalized spacial score (nSPS) is 18.3. The number of methoxy groups -OCH3 is 1. The summed E-state index contributed by atoms with van der Waals surface area (Å²) in [7, 11) is 1.60.